The quantitative estimate of drug-likeness (QED) is 0.152. The van der Waals surface area contributed by atoms with Gasteiger partial charge < -0.3 is 4.42 Å². The normalized spacial score (nSPS) is 11.7. The second kappa shape index (κ2) is 15.1. The summed E-state index contributed by atoms with van der Waals surface area (Å²) in [5.74, 6) is 0. The topological polar surface area (TPSA) is 13.1 Å². The van der Waals surface area contributed by atoms with E-state index in [-0.39, 0.29) is 0 Å². The number of fused-ring (bicyclic) bond motifs is 7. The van der Waals surface area contributed by atoms with Crippen LogP contribution < -0.4 is 0 Å². The Morgan fingerprint density at radius 1 is 0.200 bits per heavy atom. The Hall–Kier alpha value is -8.52. The van der Waals surface area contributed by atoms with Crippen LogP contribution in [-0.4, -0.2) is 0 Å². The van der Waals surface area contributed by atoms with Gasteiger partial charge >= 0.3 is 0 Å². The summed E-state index contributed by atoms with van der Waals surface area (Å²) in [6, 6.07) is 88.4. The van der Waals surface area contributed by atoms with Crippen LogP contribution in [0, 0.1) is 0 Å². The lowest BCUT2D eigenvalue weighted by Crippen LogP contribution is -1.93. The lowest BCUT2D eigenvalue weighted by atomic mass is 9.82. The first-order valence-corrected chi connectivity index (χ1v) is 22.4. The van der Waals surface area contributed by atoms with Gasteiger partial charge in [0.1, 0.15) is 11.2 Å². The molecule has 1 aromatic heterocycles. The third kappa shape index (κ3) is 5.94. The summed E-state index contributed by atoms with van der Waals surface area (Å²) in [4.78, 5) is 0. The van der Waals surface area contributed by atoms with E-state index in [0.717, 1.165) is 33.1 Å². The van der Waals surface area contributed by atoms with Gasteiger partial charge in [-0.25, -0.2) is 0 Å². The molecule has 1 heterocycles. The molecule has 0 aliphatic rings. The Labute approximate surface area is 377 Å². The predicted octanol–water partition coefficient (Wildman–Crippen LogP) is 18.2. The van der Waals surface area contributed by atoms with E-state index in [1.165, 1.54) is 98.7 Å². The molecule has 0 unspecified atom stereocenters. The minimum Gasteiger partial charge on any atom is -0.456 e. The summed E-state index contributed by atoms with van der Waals surface area (Å²) in [7, 11) is 0. The van der Waals surface area contributed by atoms with Crippen LogP contribution in [0.1, 0.15) is 0 Å². The predicted molar refractivity (Wildman–Crippen MR) is 276 cm³/mol. The van der Waals surface area contributed by atoms with Crippen LogP contribution in [0.3, 0.4) is 0 Å². The number of furan rings is 1. The highest BCUT2D eigenvalue weighted by molar-refractivity contribution is 6.30. The van der Waals surface area contributed by atoms with Gasteiger partial charge in [0, 0.05) is 10.8 Å². The third-order valence-electron chi connectivity index (χ3n) is 13.4. The van der Waals surface area contributed by atoms with Crippen LogP contribution in [-0.2, 0) is 0 Å². The molecule has 65 heavy (non-hydrogen) atoms. The van der Waals surface area contributed by atoms with E-state index in [2.05, 4.69) is 243 Å². The van der Waals surface area contributed by atoms with Gasteiger partial charge in [-0.1, -0.05) is 212 Å². The largest absolute Gasteiger partial charge is 0.456 e. The monoisotopic (exact) mass is 824 g/mol. The average Bonchev–Trinajstić information content (AvgIpc) is 3.78. The van der Waals surface area contributed by atoms with Crippen molar-refractivity contribution in [3.05, 3.63) is 243 Å². The summed E-state index contributed by atoms with van der Waals surface area (Å²) in [6.45, 7) is 0. The maximum Gasteiger partial charge on any atom is 0.136 e. The summed E-state index contributed by atoms with van der Waals surface area (Å²) in [5, 5.41) is 12.0. The van der Waals surface area contributed by atoms with E-state index >= 15 is 0 Å². The molecule has 13 rings (SSSR count). The van der Waals surface area contributed by atoms with Crippen molar-refractivity contribution in [3.63, 3.8) is 0 Å². The van der Waals surface area contributed by atoms with Crippen molar-refractivity contribution in [2.75, 3.05) is 0 Å². The maximum absolute atomic E-state index is 6.92. The molecule has 0 saturated carbocycles. The van der Waals surface area contributed by atoms with Crippen molar-refractivity contribution in [1.82, 2.24) is 0 Å². The van der Waals surface area contributed by atoms with E-state index in [1.54, 1.807) is 0 Å². The summed E-state index contributed by atoms with van der Waals surface area (Å²) in [5.41, 5.74) is 16.2. The Morgan fingerprint density at radius 2 is 0.492 bits per heavy atom. The highest BCUT2D eigenvalue weighted by Gasteiger charge is 2.24. The molecular formula is C64H40O. The van der Waals surface area contributed by atoms with Gasteiger partial charge in [0.15, 0.2) is 0 Å². The van der Waals surface area contributed by atoms with Gasteiger partial charge in [-0.2, -0.15) is 0 Å². The van der Waals surface area contributed by atoms with Gasteiger partial charge in [0.2, 0.25) is 0 Å². The molecule has 0 spiro atoms. The first-order chi connectivity index (χ1) is 32.3. The van der Waals surface area contributed by atoms with Crippen LogP contribution in [0.2, 0.25) is 0 Å². The van der Waals surface area contributed by atoms with Gasteiger partial charge in [0.25, 0.3) is 0 Å². The van der Waals surface area contributed by atoms with Crippen molar-refractivity contribution in [2.45, 2.75) is 0 Å². The van der Waals surface area contributed by atoms with Crippen molar-refractivity contribution >= 4 is 65.0 Å². The van der Waals surface area contributed by atoms with Crippen molar-refractivity contribution in [2.24, 2.45) is 0 Å². The van der Waals surface area contributed by atoms with E-state index in [1.807, 2.05) is 0 Å². The first-order valence-electron chi connectivity index (χ1n) is 22.4. The molecule has 302 valence electrons. The molecule has 0 aliphatic carbocycles. The van der Waals surface area contributed by atoms with Gasteiger partial charge in [0.05, 0.1) is 0 Å². The molecule has 0 aliphatic heterocycles. The van der Waals surface area contributed by atoms with E-state index in [0.29, 0.717) is 0 Å². The van der Waals surface area contributed by atoms with Gasteiger partial charge in [-0.05, 0) is 140 Å². The van der Waals surface area contributed by atoms with Gasteiger partial charge in [-0.15, -0.1) is 0 Å². The molecule has 1 heteroatoms. The molecule has 0 radical (unpaired) electrons. The van der Waals surface area contributed by atoms with E-state index in [9.17, 15) is 0 Å². The summed E-state index contributed by atoms with van der Waals surface area (Å²) >= 11 is 0. The minimum absolute atomic E-state index is 0.875. The second-order valence-electron chi connectivity index (χ2n) is 17.0. The highest BCUT2D eigenvalue weighted by Crippen LogP contribution is 2.51. The van der Waals surface area contributed by atoms with Crippen LogP contribution >= 0.6 is 0 Å². The molecule has 0 bridgehead atoms. The molecule has 1 nitrogen and oxygen atoms in total. The summed E-state index contributed by atoms with van der Waals surface area (Å²) < 4.78 is 6.92. The van der Waals surface area contributed by atoms with E-state index < -0.39 is 0 Å². The minimum atomic E-state index is 0.875. The third-order valence-corrected chi connectivity index (χ3v) is 13.4. The van der Waals surface area contributed by atoms with Crippen molar-refractivity contribution < 1.29 is 4.42 Å². The molecule has 0 atom stereocenters. The molecular weight excluding hydrogens is 785 g/mol. The maximum atomic E-state index is 6.92. The molecule has 13 aromatic rings. The SMILES string of the molecule is c1ccc(-c2cc(-c3ccccc3)cc(-c3c4ccccc4c(-c4cccc5oc6cccc(-c7c8ccccc8c(-c8ccccc8)c8ccccc78)c6c45)c4ccccc34)c2)cc1. The van der Waals surface area contributed by atoms with Crippen molar-refractivity contribution in [3.8, 4) is 66.8 Å². The van der Waals surface area contributed by atoms with Gasteiger partial charge in [-0.3, -0.25) is 0 Å². The molecule has 0 amide bonds. The standard InChI is InChI=1S/C64H40O/c1-4-20-41(21-5-1)44-38-45(42-22-6-2-7-23-42)40-46(39-44)60-49-28-12-16-32-53(49)62(54-33-17-13-29-50(54)60)56-35-19-37-58-64(56)63-55(34-18-36-57(63)65-58)61-51-30-14-10-26-47(51)59(43-24-8-3-9-25-43)48-27-11-15-31-52(48)61/h1-40H. The fraction of sp³-hybridized carbons (Fsp3) is 0. The fourth-order valence-electron chi connectivity index (χ4n) is 10.7. The second-order valence-corrected chi connectivity index (χ2v) is 17.0. The zero-order valence-corrected chi connectivity index (χ0v) is 35.5. The lowest BCUT2D eigenvalue weighted by Gasteiger charge is -2.20. The van der Waals surface area contributed by atoms with Crippen LogP contribution in [0.4, 0.5) is 0 Å². The smallest absolute Gasteiger partial charge is 0.136 e. The van der Waals surface area contributed by atoms with E-state index in [4.69, 9.17) is 4.42 Å². The number of rotatable bonds is 6. The number of benzene rings is 12. The van der Waals surface area contributed by atoms with Crippen LogP contribution in [0.15, 0.2) is 247 Å². The molecule has 0 N–H and O–H groups in total. The zero-order chi connectivity index (χ0) is 42.8. The fourth-order valence-corrected chi connectivity index (χ4v) is 10.7. The molecule has 12 aromatic carbocycles. The Kier molecular flexibility index (Phi) is 8.60. The van der Waals surface area contributed by atoms with Crippen LogP contribution in [0.25, 0.3) is 132 Å². The molecule has 0 saturated heterocycles. The Morgan fingerprint density at radius 3 is 0.862 bits per heavy atom. The average molecular weight is 825 g/mol. The highest BCUT2D eigenvalue weighted by atomic mass is 16.3. The summed E-state index contributed by atoms with van der Waals surface area (Å²) in [6.07, 6.45) is 0. The zero-order valence-electron chi connectivity index (χ0n) is 35.5. The Balaban J connectivity index is 1.12. The van der Waals surface area contributed by atoms with Crippen molar-refractivity contribution in [1.29, 1.82) is 0 Å². The number of hydrogen-bond donors (Lipinski definition) is 0. The Bertz CT molecular complexity index is 3800. The lowest BCUT2D eigenvalue weighted by molar-refractivity contribution is 0.669. The number of hydrogen-bond acceptors (Lipinski definition) is 1. The first kappa shape index (κ1) is 37.1. The molecule has 0 fully saturated rings. The van der Waals surface area contributed by atoms with Crippen LogP contribution in [0.5, 0.6) is 0 Å².